The minimum absolute atomic E-state index is 0.0317. The lowest BCUT2D eigenvalue weighted by molar-refractivity contribution is -0.137. The quantitative estimate of drug-likeness (QED) is 0.755. The highest BCUT2D eigenvalue weighted by atomic mass is 16.3. The van der Waals surface area contributed by atoms with Crippen LogP contribution in [0, 0.1) is 11.8 Å². The normalized spacial score (nSPS) is 28.8. The molecule has 6 heteroatoms. The largest absolute Gasteiger partial charge is 0.393 e. The van der Waals surface area contributed by atoms with E-state index in [1.165, 1.54) is 6.42 Å². The zero-order valence-electron chi connectivity index (χ0n) is 15.3. The van der Waals surface area contributed by atoms with Crippen molar-refractivity contribution in [2.24, 2.45) is 17.6 Å². The second kappa shape index (κ2) is 8.30. The molecule has 24 heavy (non-hydrogen) atoms. The minimum Gasteiger partial charge on any atom is -0.393 e. The number of carbonyl (C=O) groups is 2. The molecule has 2 rings (SSSR count). The predicted octanol–water partition coefficient (Wildman–Crippen LogP) is 0.970. The van der Waals surface area contributed by atoms with E-state index in [4.69, 9.17) is 5.73 Å². The number of aliphatic hydroxyl groups excluding tert-OH is 1. The van der Waals surface area contributed by atoms with Crippen molar-refractivity contribution in [3.8, 4) is 0 Å². The number of nitrogens with two attached hydrogens (primary N) is 1. The molecule has 4 atom stereocenters. The smallest absolute Gasteiger partial charge is 0.239 e. The van der Waals surface area contributed by atoms with Gasteiger partial charge in [-0.3, -0.25) is 9.59 Å². The second-order valence-electron chi connectivity index (χ2n) is 7.79. The van der Waals surface area contributed by atoms with Crippen LogP contribution in [0.25, 0.3) is 0 Å². The van der Waals surface area contributed by atoms with E-state index in [0.29, 0.717) is 25.3 Å². The van der Waals surface area contributed by atoms with Crippen molar-refractivity contribution < 1.29 is 14.7 Å². The zero-order chi connectivity index (χ0) is 17.9. The Kier molecular flexibility index (Phi) is 6.63. The van der Waals surface area contributed by atoms with Gasteiger partial charge < -0.3 is 20.6 Å². The molecule has 1 unspecified atom stereocenters. The first kappa shape index (κ1) is 19.2. The van der Waals surface area contributed by atoms with Crippen molar-refractivity contribution in [2.45, 2.75) is 69.6 Å². The molecule has 2 aliphatic rings. The van der Waals surface area contributed by atoms with Gasteiger partial charge in [0.2, 0.25) is 11.8 Å². The summed E-state index contributed by atoms with van der Waals surface area (Å²) in [6, 6.07) is -0.138. The number of likely N-dealkylation sites (N-methyl/N-ethyl adjacent to an activating group) is 1. The third-order valence-corrected chi connectivity index (χ3v) is 5.97. The molecule has 0 aromatic rings. The van der Waals surface area contributed by atoms with Gasteiger partial charge in [-0.2, -0.15) is 0 Å². The molecule has 0 bridgehead atoms. The van der Waals surface area contributed by atoms with Crippen LogP contribution in [-0.2, 0) is 9.59 Å². The van der Waals surface area contributed by atoms with Gasteiger partial charge in [0.15, 0.2) is 0 Å². The minimum atomic E-state index is -0.491. The molecular formula is C18H33N3O3. The second-order valence-corrected chi connectivity index (χ2v) is 7.79. The van der Waals surface area contributed by atoms with E-state index >= 15 is 0 Å². The lowest BCUT2D eigenvalue weighted by Gasteiger charge is -2.40. The van der Waals surface area contributed by atoms with Gasteiger partial charge in [-0.25, -0.2) is 0 Å². The van der Waals surface area contributed by atoms with Gasteiger partial charge >= 0.3 is 0 Å². The van der Waals surface area contributed by atoms with Crippen LogP contribution in [-0.4, -0.2) is 66.1 Å². The molecule has 2 fully saturated rings. The topological polar surface area (TPSA) is 86.9 Å². The number of carbonyl (C=O) groups excluding carboxylic acids is 2. The first-order valence-corrected chi connectivity index (χ1v) is 9.21. The molecule has 0 heterocycles. The Morgan fingerprint density at radius 2 is 1.83 bits per heavy atom. The summed E-state index contributed by atoms with van der Waals surface area (Å²) < 4.78 is 0. The third kappa shape index (κ3) is 4.48. The summed E-state index contributed by atoms with van der Waals surface area (Å²) in [6.07, 6.45) is 6.23. The molecule has 0 saturated heterocycles. The fraction of sp³-hybridized carbons (Fsp3) is 0.889. The maximum atomic E-state index is 12.6. The zero-order valence-corrected chi connectivity index (χ0v) is 15.3. The first-order chi connectivity index (χ1) is 11.3. The van der Waals surface area contributed by atoms with Crippen molar-refractivity contribution in [3.63, 3.8) is 0 Å². The van der Waals surface area contributed by atoms with E-state index in [1.807, 2.05) is 11.9 Å². The van der Waals surface area contributed by atoms with Crippen molar-refractivity contribution in [2.75, 3.05) is 21.1 Å². The molecule has 2 saturated carbocycles. The summed E-state index contributed by atoms with van der Waals surface area (Å²) in [5.74, 6) is 0.266. The fourth-order valence-corrected chi connectivity index (χ4v) is 3.84. The Bertz CT molecular complexity index is 451. The molecule has 0 aromatic heterocycles. The summed E-state index contributed by atoms with van der Waals surface area (Å²) in [5.41, 5.74) is 6.27. The number of hydrogen-bond acceptors (Lipinski definition) is 4. The monoisotopic (exact) mass is 339 g/mol. The summed E-state index contributed by atoms with van der Waals surface area (Å²) in [7, 11) is 5.34. The number of nitrogens with zero attached hydrogens (tertiary/aromatic N) is 2. The summed E-state index contributed by atoms with van der Waals surface area (Å²) >= 11 is 0. The highest BCUT2D eigenvalue weighted by Crippen LogP contribution is 2.35. The van der Waals surface area contributed by atoms with Gasteiger partial charge in [0, 0.05) is 33.6 Å². The van der Waals surface area contributed by atoms with Crippen LogP contribution in [0.2, 0.25) is 0 Å². The number of aliphatic hydroxyl groups is 1. The van der Waals surface area contributed by atoms with Crippen molar-refractivity contribution in [1.82, 2.24) is 9.80 Å². The van der Waals surface area contributed by atoms with Gasteiger partial charge in [-0.05, 0) is 56.8 Å². The van der Waals surface area contributed by atoms with E-state index in [0.717, 1.165) is 25.7 Å². The van der Waals surface area contributed by atoms with Crippen molar-refractivity contribution in [3.05, 3.63) is 0 Å². The summed E-state index contributed by atoms with van der Waals surface area (Å²) in [5, 5.41) is 10.2. The average molecular weight is 339 g/mol. The van der Waals surface area contributed by atoms with Crippen LogP contribution in [0.1, 0.15) is 51.4 Å². The third-order valence-electron chi connectivity index (χ3n) is 5.97. The molecule has 0 spiro atoms. The Labute approximate surface area is 145 Å². The maximum Gasteiger partial charge on any atom is 0.239 e. The number of hydrogen-bond donors (Lipinski definition) is 2. The Balaban J connectivity index is 1.88. The van der Waals surface area contributed by atoms with Gasteiger partial charge in [0.25, 0.3) is 0 Å². The molecule has 0 aliphatic heterocycles. The van der Waals surface area contributed by atoms with Crippen LogP contribution < -0.4 is 5.73 Å². The number of amides is 2. The van der Waals surface area contributed by atoms with E-state index in [9.17, 15) is 14.7 Å². The summed E-state index contributed by atoms with van der Waals surface area (Å²) in [4.78, 5) is 27.8. The molecule has 138 valence electrons. The van der Waals surface area contributed by atoms with E-state index in [1.54, 1.807) is 19.0 Å². The van der Waals surface area contributed by atoms with E-state index in [2.05, 4.69) is 0 Å². The van der Waals surface area contributed by atoms with Crippen LogP contribution in [0.15, 0.2) is 0 Å². The van der Waals surface area contributed by atoms with Crippen molar-refractivity contribution in [1.29, 1.82) is 0 Å². The molecule has 0 radical (unpaired) electrons. The SMILES string of the molecule is CN(C)C(=O)CC[C@@H]1CC([C@H](N)C(=O)N(C)C2CCC2)CC[C@H]1O. The molecule has 2 amide bonds. The van der Waals surface area contributed by atoms with E-state index in [-0.39, 0.29) is 29.8 Å². The highest BCUT2D eigenvalue weighted by Gasteiger charge is 2.37. The maximum absolute atomic E-state index is 12.6. The first-order valence-electron chi connectivity index (χ1n) is 9.21. The lowest BCUT2D eigenvalue weighted by Crippen LogP contribution is -2.52. The predicted molar refractivity (Wildman–Crippen MR) is 93.2 cm³/mol. The Morgan fingerprint density at radius 3 is 2.38 bits per heavy atom. The standard InChI is InChI=1S/C18H33N3O3/c1-20(2)16(23)10-8-12-11-13(7-9-15(12)22)17(19)18(24)21(3)14-5-4-6-14/h12-15,17,22H,4-11,19H2,1-3H3/t12-,13?,15-,17+/m1/s1. The van der Waals surface area contributed by atoms with Crippen LogP contribution in [0.4, 0.5) is 0 Å². The fourth-order valence-electron chi connectivity index (χ4n) is 3.84. The van der Waals surface area contributed by atoms with E-state index < -0.39 is 6.04 Å². The van der Waals surface area contributed by atoms with Gasteiger partial charge in [-0.1, -0.05) is 0 Å². The van der Waals surface area contributed by atoms with Crippen LogP contribution in [0.5, 0.6) is 0 Å². The van der Waals surface area contributed by atoms with Crippen LogP contribution in [0.3, 0.4) is 0 Å². The molecule has 2 aliphatic carbocycles. The molecular weight excluding hydrogens is 306 g/mol. The highest BCUT2D eigenvalue weighted by molar-refractivity contribution is 5.82. The van der Waals surface area contributed by atoms with Gasteiger partial charge in [0.1, 0.15) is 0 Å². The number of rotatable bonds is 6. The van der Waals surface area contributed by atoms with Crippen molar-refractivity contribution >= 4 is 11.8 Å². The van der Waals surface area contributed by atoms with Crippen LogP contribution >= 0.6 is 0 Å². The molecule has 3 N–H and O–H groups in total. The summed E-state index contributed by atoms with van der Waals surface area (Å²) in [6.45, 7) is 0. The molecule has 0 aromatic carbocycles. The van der Waals surface area contributed by atoms with Gasteiger partial charge in [-0.15, -0.1) is 0 Å². The Hall–Kier alpha value is -1.14. The van der Waals surface area contributed by atoms with Gasteiger partial charge in [0.05, 0.1) is 12.1 Å². The molecule has 6 nitrogen and oxygen atoms in total. The lowest BCUT2D eigenvalue weighted by atomic mass is 9.74. The Morgan fingerprint density at radius 1 is 1.17 bits per heavy atom. The average Bonchev–Trinajstić information content (AvgIpc) is 2.50.